The summed E-state index contributed by atoms with van der Waals surface area (Å²) in [5, 5.41) is 7.28. The maximum Gasteiger partial charge on any atom is 0.341 e. The lowest BCUT2D eigenvalue weighted by molar-refractivity contribution is 0.0598. The molecule has 1 saturated carbocycles. The van der Waals surface area contributed by atoms with E-state index in [4.69, 9.17) is 4.74 Å². The molecule has 1 aliphatic carbocycles. The van der Waals surface area contributed by atoms with Crippen molar-refractivity contribution in [3.05, 3.63) is 17.0 Å². The Hall–Kier alpha value is -1.32. The maximum atomic E-state index is 11.7. The second kappa shape index (κ2) is 4.68. The van der Waals surface area contributed by atoms with E-state index in [1.165, 1.54) is 20.0 Å². The number of nitrogens with one attached hydrogen (secondary N) is 1. The summed E-state index contributed by atoms with van der Waals surface area (Å²) < 4.78 is 4.84. The van der Waals surface area contributed by atoms with E-state index in [0.717, 1.165) is 30.7 Å². The van der Waals surface area contributed by atoms with Crippen molar-refractivity contribution in [1.29, 1.82) is 0 Å². The van der Waals surface area contributed by atoms with Gasteiger partial charge in [-0.3, -0.25) is 5.10 Å². The number of esters is 1. The fourth-order valence-electron chi connectivity index (χ4n) is 2.47. The average Bonchev–Trinajstić information content (AvgIpc) is 2.95. The number of rotatable bonds is 3. The number of aromatic nitrogens is 2. The average molecular weight is 222 g/mol. The van der Waals surface area contributed by atoms with Crippen molar-refractivity contribution in [2.75, 3.05) is 7.11 Å². The third-order valence-corrected chi connectivity index (χ3v) is 3.35. The Labute approximate surface area is 95.4 Å². The van der Waals surface area contributed by atoms with Crippen LogP contribution in [0, 0.1) is 0 Å². The Morgan fingerprint density at radius 1 is 1.50 bits per heavy atom. The van der Waals surface area contributed by atoms with E-state index in [1.54, 1.807) is 0 Å². The molecule has 0 spiro atoms. The SMILES string of the molecule is CCc1[nH]nc(C2CCCC2)c1C(=O)OC. The minimum absolute atomic E-state index is 0.257. The monoisotopic (exact) mass is 222 g/mol. The molecule has 1 N–H and O–H groups in total. The Balaban J connectivity index is 2.36. The minimum atomic E-state index is -0.257. The highest BCUT2D eigenvalue weighted by Gasteiger charge is 2.28. The van der Waals surface area contributed by atoms with Crippen molar-refractivity contribution in [2.45, 2.75) is 44.9 Å². The highest BCUT2D eigenvalue weighted by Crippen LogP contribution is 2.35. The van der Waals surface area contributed by atoms with E-state index >= 15 is 0 Å². The minimum Gasteiger partial charge on any atom is -0.465 e. The van der Waals surface area contributed by atoms with E-state index in [0.29, 0.717) is 11.5 Å². The molecule has 16 heavy (non-hydrogen) atoms. The van der Waals surface area contributed by atoms with Crippen LogP contribution in [0.3, 0.4) is 0 Å². The van der Waals surface area contributed by atoms with Gasteiger partial charge in [0, 0.05) is 11.6 Å². The van der Waals surface area contributed by atoms with Crippen LogP contribution in [0.1, 0.15) is 60.3 Å². The summed E-state index contributed by atoms with van der Waals surface area (Å²) in [6.45, 7) is 2.01. The summed E-state index contributed by atoms with van der Waals surface area (Å²) in [4.78, 5) is 11.7. The molecule has 0 aromatic carbocycles. The van der Waals surface area contributed by atoms with Crippen LogP contribution in [-0.4, -0.2) is 23.3 Å². The molecular weight excluding hydrogens is 204 g/mol. The number of hydrogen-bond donors (Lipinski definition) is 1. The molecule has 2 rings (SSSR count). The first kappa shape index (κ1) is 11.2. The fourth-order valence-corrected chi connectivity index (χ4v) is 2.47. The quantitative estimate of drug-likeness (QED) is 0.799. The Bertz CT molecular complexity index is 378. The smallest absolute Gasteiger partial charge is 0.341 e. The van der Waals surface area contributed by atoms with Crippen LogP contribution in [0.15, 0.2) is 0 Å². The van der Waals surface area contributed by atoms with E-state index < -0.39 is 0 Å². The molecule has 0 amide bonds. The zero-order valence-electron chi connectivity index (χ0n) is 9.88. The predicted molar refractivity (Wildman–Crippen MR) is 60.5 cm³/mol. The van der Waals surface area contributed by atoms with Gasteiger partial charge in [0.15, 0.2) is 0 Å². The summed E-state index contributed by atoms with van der Waals surface area (Å²) in [6.07, 6.45) is 5.53. The zero-order valence-corrected chi connectivity index (χ0v) is 9.88. The number of nitrogens with zero attached hydrogens (tertiary/aromatic N) is 1. The van der Waals surface area contributed by atoms with Crippen LogP contribution in [0.25, 0.3) is 0 Å². The van der Waals surface area contributed by atoms with Crippen LogP contribution in [-0.2, 0) is 11.2 Å². The lowest BCUT2D eigenvalue weighted by atomic mass is 9.98. The Morgan fingerprint density at radius 2 is 2.19 bits per heavy atom. The Kier molecular flexibility index (Phi) is 3.27. The van der Waals surface area contributed by atoms with Gasteiger partial charge in [-0.25, -0.2) is 4.79 Å². The second-order valence-corrected chi connectivity index (χ2v) is 4.29. The molecule has 4 nitrogen and oxygen atoms in total. The predicted octanol–water partition coefficient (Wildman–Crippen LogP) is 2.42. The molecule has 0 atom stereocenters. The molecular formula is C12H18N2O2. The van der Waals surface area contributed by atoms with Crippen molar-refractivity contribution in [3.63, 3.8) is 0 Å². The summed E-state index contributed by atoms with van der Waals surface area (Å²) in [5.74, 6) is 0.179. The van der Waals surface area contributed by atoms with Crippen molar-refractivity contribution in [1.82, 2.24) is 10.2 Å². The maximum absolute atomic E-state index is 11.7. The van der Waals surface area contributed by atoms with E-state index in [9.17, 15) is 4.79 Å². The number of H-pyrrole nitrogens is 1. The molecule has 0 radical (unpaired) electrons. The second-order valence-electron chi connectivity index (χ2n) is 4.29. The van der Waals surface area contributed by atoms with Gasteiger partial charge in [0.05, 0.1) is 12.8 Å². The van der Waals surface area contributed by atoms with Gasteiger partial charge in [-0.1, -0.05) is 19.8 Å². The molecule has 4 heteroatoms. The molecule has 1 aromatic rings. The summed E-state index contributed by atoms with van der Waals surface area (Å²) in [6, 6.07) is 0. The molecule has 0 aliphatic heterocycles. The van der Waals surface area contributed by atoms with Gasteiger partial charge in [0.1, 0.15) is 5.56 Å². The van der Waals surface area contributed by atoms with Crippen LogP contribution >= 0.6 is 0 Å². The zero-order chi connectivity index (χ0) is 11.5. The standard InChI is InChI=1S/C12H18N2O2/c1-3-9-10(12(15)16-2)11(14-13-9)8-6-4-5-7-8/h8H,3-7H2,1-2H3,(H,13,14). The lowest BCUT2D eigenvalue weighted by Gasteiger charge is -2.08. The van der Waals surface area contributed by atoms with Gasteiger partial charge in [-0.2, -0.15) is 5.10 Å². The van der Waals surface area contributed by atoms with E-state index in [2.05, 4.69) is 10.2 Å². The Morgan fingerprint density at radius 3 is 2.75 bits per heavy atom. The molecule has 0 bridgehead atoms. The van der Waals surface area contributed by atoms with Gasteiger partial charge in [0.2, 0.25) is 0 Å². The number of carbonyl (C=O) groups is 1. The van der Waals surface area contributed by atoms with E-state index in [1.807, 2.05) is 6.92 Å². The largest absolute Gasteiger partial charge is 0.465 e. The lowest BCUT2D eigenvalue weighted by Crippen LogP contribution is -2.08. The summed E-state index contributed by atoms with van der Waals surface area (Å²) in [5.41, 5.74) is 2.49. The number of hydrogen-bond acceptors (Lipinski definition) is 3. The summed E-state index contributed by atoms with van der Waals surface area (Å²) >= 11 is 0. The fraction of sp³-hybridized carbons (Fsp3) is 0.667. The number of methoxy groups -OCH3 is 1. The number of ether oxygens (including phenoxy) is 1. The molecule has 1 fully saturated rings. The molecule has 88 valence electrons. The number of aryl methyl sites for hydroxylation is 1. The van der Waals surface area contributed by atoms with Crippen LogP contribution in [0.5, 0.6) is 0 Å². The number of carbonyl (C=O) groups excluding carboxylic acids is 1. The summed E-state index contributed by atoms with van der Waals surface area (Å²) in [7, 11) is 1.42. The van der Waals surface area contributed by atoms with Crippen LogP contribution in [0.2, 0.25) is 0 Å². The molecule has 1 aliphatic rings. The van der Waals surface area contributed by atoms with E-state index in [-0.39, 0.29) is 5.97 Å². The molecule has 0 saturated heterocycles. The van der Waals surface area contributed by atoms with Gasteiger partial charge in [-0.05, 0) is 19.3 Å². The van der Waals surface area contributed by atoms with Crippen LogP contribution in [0.4, 0.5) is 0 Å². The first-order chi connectivity index (χ1) is 7.77. The van der Waals surface area contributed by atoms with Gasteiger partial charge in [-0.15, -0.1) is 0 Å². The van der Waals surface area contributed by atoms with Gasteiger partial charge < -0.3 is 4.74 Å². The first-order valence-electron chi connectivity index (χ1n) is 5.93. The van der Waals surface area contributed by atoms with Crippen LogP contribution < -0.4 is 0 Å². The molecule has 1 aromatic heterocycles. The molecule has 1 heterocycles. The van der Waals surface area contributed by atoms with Gasteiger partial charge >= 0.3 is 5.97 Å². The van der Waals surface area contributed by atoms with Crippen molar-refractivity contribution >= 4 is 5.97 Å². The topological polar surface area (TPSA) is 55.0 Å². The highest BCUT2D eigenvalue weighted by molar-refractivity contribution is 5.92. The highest BCUT2D eigenvalue weighted by atomic mass is 16.5. The third-order valence-electron chi connectivity index (χ3n) is 3.35. The van der Waals surface area contributed by atoms with Crippen molar-refractivity contribution < 1.29 is 9.53 Å². The first-order valence-corrected chi connectivity index (χ1v) is 5.93. The van der Waals surface area contributed by atoms with Crippen molar-refractivity contribution in [3.8, 4) is 0 Å². The van der Waals surface area contributed by atoms with Crippen molar-refractivity contribution in [2.24, 2.45) is 0 Å². The molecule has 0 unspecified atom stereocenters. The van der Waals surface area contributed by atoms with Gasteiger partial charge in [0.25, 0.3) is 0 Å². The normalized spacial score (nSPS) is 16.6. The number of aromatic amines is 1. The third kappa shape index (κ3) is 1.84.